The van der Waals surface area contributed by atoms with Crippen LogP contribution in [0.3, 0.4) is 0 Å². The lowest BCUT2D eigenvalue weighted by Gasteiger charge is -2.06. The summed E-state index contributed by atoms with van der Waals surface area (Å²) in [5.41, 5.74) is 2.83. The average molecular weight is 274 g/mol. The summed E-state index contributed by atoms with van der Waals surface area (Å²) in [4.78, 5) is 49.4. The van der Waals surface area contributed by atoms with E-state index in [0.717, 1.165) is 6.07 Å². The quantitative estimate of drug-likeness (QED) is 0.532. The second-order valence-corrected chi connectivity index (χ2v) is 3.78. The smallest absolute Gasteiger partial charge is 0.303 e. The van der Waals surface area contributed by atoms with Crippen LogP contribution in [0.2, 0.25) is 0 Å². The van der Waals surface area contributed by atoms with E-state index < -0.39 is 23.1 Å². The minimum atomic E-state index is -0.808. The number of aromatic amines is 2. The van der Waals surface area contributed by atoms with Crippen molar-refractivity contribution < 1.29 is 9.59 Å². The number of amides is 2. The summed E-state index contributed by atoms with van der Waals surface area (Å²) in [6, 6.07) is 9.13. The third-order valence-corrected chi connectivity index (χ3v) is 2.33. The molecule has 8 heteroatoms. The van der Waals surface area contributed by atoms with Crippen LogP contribution in [0.5, 0.6) is 0 Å². The summed E-state index contributed by atoms with van der Waals surface area (Å²) < 4.78 is 0. The van der Waals surface area contributed by atoms with Crippen molar-refractivity contribution in [1.82, 2.24) is 20.8 Å². The highest BCUT2D eigenvalue weighted by Crippen LogP contribution is 1.96. The van der Waals surface area contributed by atoms with Gasteiger partial charge in [-0.1, -0.05) is 18.2 Å². The molecule has 2 amide bonds. The number of carbonyl (C=O) groups excluding carboxylic acids is 2. The van der Waals surface area contributed by atoms with Gasteiger partial charge < -0.3 is 4.98 Å². The SMILES string of the molecule is O=C(NNC(=O)c1cc(=O)[nH]c(=O)[nH]1)c1ccccc1. The molecule has 0 saturated carbocycles. The van der Waals surface area contributed by atoms with Gasteiger partial charge in [0.1, 0.15) is 5.69 Å². The Labute approximate surface area is 111 Å². The van der Waals surface area contributed by atoms with Gasteiger partial charge in [-0.15, -0.1) is 0 Å². The second kappa shape index (κ2) is 5.65. The van der Waals surface area contributed by atoms with E-state index in [4.69, 9.17) is 0 Å². The van der Waals surface area contributed by atoms with Crippen molar-refractivity contribution in [1.29, 1.82) is 0 Å². The molecule has 0 bridgehead atoms. The van der Waals surface area contributed by atoms with Crippen molar-refractivity contribution in [3.8, 4) is 0 Å². The standard InChI is InChI=1S/C12H10N4O4/c17-9-6-8(13-12(20)14-9)11(19)16-15-10(18)7-4-2-1-3-5-7/h1-6H,(H,15,18)(H,16,19)(H2,13,14,17,20). The zero-order chi connectivity index (χ0) is 14.5. The molecule has 0 atom stereocenters. The maximum Gasteiger partial charge on any atom is 0.326 e. The maximum atomic E-state index is 11.6. The van der Waals surface area contributed by atoms with Crippen molar-refractivity contribution in [2.24, 2.45) is 0 Å². The first-order chi connectivity index (χ1) is 9.56. The van der Waals surface area contributed by atoms with Gasteiger partial charge in [0.2, 0.25) is 0 Å². The van der Waals surface area contributed by atoms with E-state index in [2.05, 4.69) is 15.8 Å². The minimum Gasteiger partial charge on any atom is -0.303 e. The lowest BCUT2D eigenvalue weighted by atomic mass is 10.2. The number of hydrazine groups is 1. The van der Waals surface area contributed by atoms with E-state index >= 15 is 0 Å². The van der Waals surface area contributed by atoms with Gasteiger partial charge in [0.15, 0.2) is 0 Å². The van der Waals surface area contributed by atoms with Gasteiger partial charge in [-0.25, -0.2) is 4.79 Å². The molecule has 0 fully saturated rings. The van der Waals surface area contributed by atoms with E-state index in [0.29, 0.717) is 5.56 Å². The molecule has 1 aromatic carbocycles. The fraction of sp³-hybridized carbons (Fsp3) is 0. The first-order valence-electron chi connectivity index (χ1n) is 5.55. The molecule has 2 aromatic rings. The molecule has 0 spiro atoms. The van der Waals surface area contributed by atoms with E-state index in [1.807, 2.05) is 4.98 Å². The van der Waals surface area contributed by atoms with Gasteiger partial charge in [0.05, 0.1) is 0 Å². The summed E-state index contributed by atoms with van der Waals surface area (Å²) in [7, 11) is 0. The third-order valence-electron chi connectivity index (χ3n) is 2.33. The molecule has 1 heterocycles. The fourth-order valence-corrected chi connectivity index (χ4v) is 1.43. The molecule has 0 unspecified atom stereocenters. The fourth-order valence-electron chi connectivity index (χ4n) is 1.43. The number of hydrogen-bond donors (Lipinski definition) is 4. The van der Waals surface area contributed by atoms with Crippen LogP contribution < -0.4 is 22.1 Å². The van der Waals surface area contributed by atoms with Crippen molar-refractivity contribution in [2.45, 2.75) is 0 Å². The van der Waals surface area contributed by atoms with E-state index in [1.54, 1.807) is 30.3 Å². The average Bonchev–Trinajstić information content (AvgIpc) is 2.44. The maximum absolute atomic E-state index is 11.6. The number of hydrogen-bond acceptors (Lipinski definition) is 4. The van der Waals surface area contributed by atoms with Crippen molar-refractivity contribution in [3.05, 3.63) is 68.5 Å². The van der Waals surface area contributed by atoms with Crippen LogP contribution in [-0.2, 0) is 0 Å². The number of aromatic nitrogens is 2. The van der Waals surface area contributed by atoms with E-state index in [1.165, 1.54) is 0 Å². The molecular formula is C12H10N4O4. The first kappa shape index (κ1) is 13.3. The molecule has 4 N–H and O–H groups in total. The first-order valence-corrected chi connectivity index (χ1v) is 5.55. The Morgan fingerprint density at radius 3 is 2.20 bits per heavy atom. The zero-order valence-corrected chi connectivity index (χ0v) is 10.1. The molecule has 0 radical (unpaired) electrons. The number of benzene rings is 1. The van der Waals surface area contributed by atoms with Gasteiger partial charge in [-0.2, -0.15) is 0 Å². The summed E-state index contributed by atoms with van der Waals surface area (Å²) in [6.45, 7) is 0. The van der Waals surface area contributed by atoms with Gasteiger partial charge in [0.25, 0.3) is 17.4 Å². The Morgan fingerprint density at radius 2 is 1.55 bits per heavy atom. The molecule has 102 valence electrons. The highest BCUT2D eigenvalue weighted by atomic mass is 16.2. The molecule has 1 aromatic heterocycles. The predicted octanol–water partition coefficient (Wildman–Crippen LogP) is -0.862. The predicted molar refractivity (Wildman–Crippen MR) is 69.1 cm³/mol. The Morgan fingerprint density at radius 1 is 0.900 bits per heavy atom. The van der Waals surface area contributed by atoms with Crippen molar-refractivity contribution in [3.63, 3.8) is 0 Å². The Bertz CT molecular complexity index is 720. The number of rotatable bonds is 2. The van der Waals surface area contributed by atoms with Crippen LogP contribution in [0.1, 0.15) is 20.8 Å². The largest absolute Gasteiger partial charge is 0.326 e. The van der Waals surface area contributed by atoms with Crippen molar-refractivity contribution >= 4 is 11.8 Å². The molecule has 0 aliphatic rings. The third kappa shape index (κ3) is 3.19. The van der Waals surface area contributed by atoms with Gasteiger partial charge in [-0.3, -0.25) is 30.2 Å². The summed E-state index contributed by atoms with van der Waals surface area (Å²) in [5, 5.41) is 0. The van der Waals surface area contributed by atoms with Crippen LogP contribution >= 0.6 is 0 Å². The molecular weight excluding hydrogens is 264 g/mol. The topological polar surface area (TPSA) is 124 Å². The van der Waals surface area contributed by atoms with Gasteiger partial charge >= 0.3 is 5.69 Å². The normalized spacial score (nSPS) is 9.80. The van der Waals surface area contributed by atoms with Crippen LogP contribution in [0.15, 0.2) is 46.0 Å². The van der Waals surface area contributed by atoms with Gasteiger partial charge in [-0.05, 0) is 12.1 Å². The Kier molecular flexibility index (Phi) is 3.75. The highest BCUT2D eigenvalue weighted by molar-refractivity contribution is 5.98. The molecule has 20 heavy (non-hydrogen) atoms. The van der Waals surface area contributed by atoms with Crippen molar-refractivity contribution in [2.75, 3.05) is 0 Å². The molecule has 0 saturated heterocycles. The van der Waals surface area contributed by atoms with Gasteiger partial charge in [0, 0.05) is 11.6 Å². The summed E-state index contributed by atoms with van der Waals surface area (Å²) >= 11 is 0. The van der Waals surface area contributed by atoms with E-state index in [-0.39, 0.29) is 5.69 Å². The zero-order valence-electron chi connectivity index (χ0n) is 10.1. The number of carbonyl (C=O) groups is 2. The lowest BCUT2D eigenvalue weighted by Crippen LogP contribution is -2.43. The number of H-pyrrole nitrogens is 2. The van der Waals surface area contributed by atoms with Crippen LogP contribution in [-0.4, -0.2) is 21.8 Å². The Balaban J connectivity index is 2.04. The number of nitrogens with one attached hydrogen (secondary N) is 4. The highest BCUT2D eigenvalue weighted by Gasteiger charge is 2.10. The summed E-state index contributed by atoms with van der Waals surface area (Å²) in [6.07, 6.45) is 0. The monoisotopic (exact) mass is 274 g/mol. The Hall–Kier alpha value is -3.16. The van der Waals surface area contributed by atoms with Crippen LogP contribution in [0.25, 0.3) is 0 Å². The van der Waals surface area contributed by atoms with Crippen LogP contribution in [0.4, 0.5) is 0 Å². The van der Waals surface area contributed by atoms with Crippen LogP contribution in [0, 0.1) is 0 Å². The molecule has 0 aliphatic heterocycles. The lowest BCUT2D eigenvalue weighted by molar-refractivity contribution is 0.0843. The molecule has 0 aliphatic carbocycles. The summed E-state index contributed by atoms with van der Waals surface area (Å²) in [5.74, 6) is -1.33. The van der Waals surface area contributed by atoms with E-state index in [9.17, 15) is 19.2 Å². The second-order valence-electron chi connectivity index (χ2n) is 3.78. The minimum absolute atomic E-state index is 0.257. The molecule has 2 rings (SSSR count). The molecule has 8 nitrogen and oxygen atoms in total.